The zero-order valence-electron chi connectivity index (χ0n) is 16.4. The largest absolute Gasteiger partial charge is 0.394 e. The molecular weight excluding hydrogens is 370 g/mol. The summed E-state index contributed by atoms with van der Waals surface area (Å²) in [6.45, 7) is 3.78. The van der Waals surface area contributed by atoms with E-state index in [0.717, 1.165) is 5.56 Å². The fraction of sp³-hybridized carbons (Fsp3) is 0.381. The molecule has 1 fully saturated rings. The van der Waals surface area contributed by atoms with Crippen LogP contribution in [0.15, 0.2) is 54.9 Å². The maximum Gasteiger partial charge on any atom is 0.271 e. The number of benzene rings is 1. The first-order chi connectivity index (χ1) is 14.1. The molecule has 0 unspecified atom stereocenters. The van der Waals surface area contributed by atoms with Gasteiger partial charge in [0.15, 0.2) is 5.65 Å². The van der Waals surface area contributed by atoms with Crippen LogP contribution in [0.25, 0.3) is 5.65 Å². The van der Waals surface area contributed by atoms with E-state index in [4.69, 9.17) is 4.74 Å². The third-order valence-electron chi connectivity index (χ3n) is 5.45. The van der Waals surface area contributed by atoms with E-state index in [2.05, 4.69) is 39.4 Å². The molecule has 2 aromatic heterocycles. The monoisotopic (exact) mass is 395 g/mol. The summed E-state index contributed by atoms with van der Waals surface area (Å²) in [6.07, 6.45) is 3.12. The van der Waals surface area contributed by atoms with Gasteiger partial charge >= 0.3 is 0 Å². The average Bonchev–Trinajstić information content (AvgIpc) is 3.19. The number of rotatable bonds is 6. The predicted octanol–water partition coefficient (Wildman–Crippen LogP) is 1.11. The Hall–Kier alpha value is -2.81. The molecule has 0 aliphatic carbocycles. The number of aromatic nitrogens is 3. The third-order valence-corrected chi connectivity index (χ3v) is 5.45. The van der Waals surface area contributed by atoms with Crippen molar-refractivity contribution >= 4 is 11.6 Å². The number of hydrogen-bond donors (Lipinski definition) is 2. The molecular formula is C21H25N5O3. The maximum absolute atomic E-state index is 12.8. The number of carbonyl (C=O) groups is 1. The van der Waals surface area contributed by atoms with Gasteiger partial charge in [0.05, 0.1) is 31.6 Å². The molecule has 1 saturated heterocycles. The van der Waals surface area contributed by atoms with Gasteiger partial charge in [-0.1, -0.05) is 30.3 Å². The Morgan fingerprint density at radius 1 is 1.31 bits per heavy atom. The molecule has 0 saturated carbocycles. The molecule has 1 aliphatic heterocycles. The maximum atomic E-state index is 12.8. The molecule has 8 heteroatoms. The standard InChI is InChI=1S/C21H25N5O3/c1-16-12-29-15-21(14-27,25(16)11-17-6-3-2-4-7-17)13-23-20(28)18-10-22-19-8-5-9-24-26(18)19/h2-10,16,27H,11-15H2,1H3,(H,23,28)/t16-,21+/m1/s1. The van der Waals surface area contributed by atoms with Crippen LogP contribution >= 0.6 is 0 Å². The summed E-state index contributed by atoms with van der Waals surface area (Å²) < 4.78 is 7.27. The van der Waals surface area contributed by atoms with E-state index in [-0.39, 0.29) is 25.1 Å². The summed E-state index contributed by atoms with van der Waals surface area (Å²) in [6, 6.07) is 13.8. The highest BCUT2D eigenvalue weighted by Crippen LogP contribution is 2.26. The van der Waals surface area contributed by atoms with Crippen LogP contribution in [-0.2, 0) is 11.3 Å². The SMILES string of the molecule is C[C@@H]1COC[C@@](CO)(CNC(=O)c2cnc3cccnn23)N1Cc1ccccc1. The fourth-order valence-electron chi connectivity index (χ4n) is 3.83. The molecule has 8 nitrogen and oxygen atoms in total. The minimum absolute atomic E-state index is 0.102. The quantitative estimate of drug-likeness (QED) is 0.650. The third kappa shape index (κ3) is 3.87. The van der Waals surface area contributed by atoms with E-state index in [1.165, 1.54) is 10.7 Å². The molecule has 152 valence electrons. The first-order valence-electron chi connectivity index (χ1n) is 9.69. The number of aliphatic hydroxyl groups is 1. The minimum atomic E-state index is -0.711. The first kappa shape index (κ1) is 19.5. The highest BCUT2D eigenvalue weighted by molar-refractivity contribution is 5.93. The van der Waals surface area contributed by atoms with Crippen molar-refractivity contribution in [3.63, 3.8) is 0 Å². The van der Waals surface area contributed by atoms with Crippen LogP contribution in [0.2, 0.25) is 0 Å². The summed E-state index contributed by atoms with van der Waals surface area (Å²) in [4.78, 5) is 19.2. The summed E-state index contributed by atoms with van der Waals surface area (Å²) in [5, 5.41) is 17.5. The summed E-state index contributed by atoms with van der Waals surface area (Å²) in [7, 11) is 0. The molecule has 0 radical (unpaired) electrons. The van der Waals surface area contributed by atoms with E-state index in [1.807, 2.05) is 18.2 Å². The summed E-state index contributed by atoms with van der Waals surface area (Å²) >= 11 is 0. The van der Waals surface area contributed by atoms with Gasteiger partial charge in [-0.15, -0.1) is 0 Å². The van der Waals surface area contributed by atoms with E-state index in [9.17, 15) is 9.90 Å². The summed E-state index contributed by atoms with van der Waals surface area (Å²) in [5.74, 6) is -0.290. The zero-order chi connectivity index (χ0) is 20.3. The molecule has 0 spiro atoms. The number of aliphatic hydroxyl groups excluding tert-OH is 1. The van der Waals surface area contributed by atoms with Gasteiger partial charge in [0.25, 0.3) is 5.91 Å². The van der Waals surface area contributed by atoms with Gasteiger partial charge in [-0.2, -0.15) is 5.10 Å². The number of morpholine rings is 1. The highest BCUT2D eigenvalue weighted by Gasteiger charge is 2.43. The van der Waals surface area contributed by atoms with Gasteiger partial charge in [-0.3, -0.25) is 9.69 Å². The van der Waals surface area contributed by atoms with Gasteiger partial charge in [0, 0.05) is 25.3 Å². The second kappa shape index (κ2) is 8.28. The van der Waals surface area contributed by atoms with Crippen LogP contribution in [-0.4, -0.2) is 68.5 Å². The van der Waals surface area contributed by atoms with Crippen LogP contribution in [0, 0.1) is 0 Å². The van der Waals surface area contributed by atoms with Crippen molar-refractivity contribution in [3.8, 4) is 0 Å². The van der Waals surface area contributed by atoms with Crippen molar-refractivity contribution < 1.29 is 14.6 Å². The predicted molar refractivity (Wildman–Crippen MR) is 107 cm³/mol. The number of imidazole rings is 1. The van der Waals surface area contributed by atoms with Crippen molar-refractivity contribution in [2.75, 3.05) is 26.4 Å². The van der Waals surface area contributed by atoms with Gasteiger partial charge < -0.3 is 15.2 Å². The van der Waals surface area contributed by atoms with Gasteiger partial charge in [-0.25, -0.2) is 9.50 Å². The molecule has 4 rings (SSSR count). The van der Waals surface area contributed by atoms with Crippen molar-refractivity contribution in [3.05, 3.63) is 66.1 Å². The molecule has 3 heterocycles. The zero-order valence-corrected chi connectivity index (χ0v) is 16.4. The normalized spacial score (nSPS) is 22.6. The average molecular weight is 395 g/mol. The lowest BCUT2D eigenvalue weighted by Crippen LogP contribution is -2.66. The Kier molecular flexibility index (Phi) is 5.57. The van der Waals surface area contributed by atoms with Gasteiger partial charge in [-0.05, 0) is 24.6 Å². The Morgan fingerprint density at radius 2 is 2.14 bits per heavy atom. The van der Waals surface area contributed by atoms with Crippen molar-refractivity contribution in [1.29, 1.82) is 0 Å². The molecule has 29 heavy (non-hydrogen) atoms. The Labute approximate surface area is 169 Å². The van der Waals surface area contributed by atoms with Gasteiger partial charge in [0.1, 0.15) is 5.69 Å². The van der Waals surface area contributed by atoms with Crippen LogP contribution in [0.4, 0.5) is 0 Å². The smallest absolute Gasteiger partial charge is 0.271 e. The van der Waals surface area contributed by atoms with Crippen LogP contribution < -0.4 is 5.32 Å². The van der Waals surface area contributed by atoms with Crippen molar-refractivity contribution in [1.82, 2.24) is 24.8 Å². The topological polar surface area (TPSA) is 92.0 Å². The molecule has 3 aromatic rings. The second-order valence-electron chi connectivity index (χ2n) is 7.48. The first-order valence-corrected chi connectivity index (χ1v) is 9.69. The number of fused-ring (bicyclic) bond motifs is 1. The molecule has 1 aliphatic rings. The van der Waals surface area contributed by atoms with E-state index >= 15 is 0 Å². The number of nitrogens with zero attached hydrogens (tertiary/aromatic N) is 4. The van der Waals surface area contributed by atoms with Crippen LogP contribution in [0.1, 0.15) is 23.0 Å². The lowest BCUT2D eigenvalue weighted by molar-refractivity contribution is -0.121. The highest BCUT2D eigenvalue weighted by atomic mass is 16.5. The Bertz CT molecular complexity index is 977. The van der Waals surface area contributed by atoms with Crippen LogP contribution in [0.5, 0.6) is 0 Å². The van der Waals surface area contributed by atoms with Crippen molar-refractivity contribution in [2.45, 2.75) is 25.0 Å². The van der Waals surface area contributed by atoms with Gasteiger partial charge in [0.2, 0.25) is 0 Å². The molecule has 2 N–H and O–H groups in total. The molecule has 1 aromatic carbocycles. The lowest BCUT2D eigenvalue weighted by atomic mass is 9.94. The number of amides is 1. The number of carbonyl (C=O) groups excluding carboxylic acids is 1. The van der Waals surface area contributed by atoms with E-state index < -0.39 is 5.54 Å². The number of ether oxygens (including phenoxy) is 1. The fourth-order valence-corrected chi connectivity index (χ4v) is 3.83. The number of nitrogens with one attached hydrogen (secondary N) is 1. The van der Waals surface area contributed by atoms with E-state index in [0.29, 0.717) is 31.1 Å². The van der Waals surface area contributed by atoms with E-state index in [1.54, 1.807) is 18.3 Å². The second-order valence-corrected chi connectivity index (χ2v) is 7.48. The Morgan fingerprint density at radius 3 is 2.93 bits per heavy atom. The Balaban J connectivity index is 1.54. The summed E-state index contributed by atoms with van der Waals surface area (Å²) in [5.41, 5.74) is 1.40. The van der Waals surface area contributed by atoms with Crippen molar-refractivity contribution in [2.24, 2.45) is 0 Å². The lowest BCUT2D eigenvalue weighted by Gasteiger charge is -2.49. The number of hydrogen-bond acceptors (Lipinski definition) is 6. The molecule has 2 atom stereocenters. The molecule has 0 bridgehead atoms. The molecule has 1 amide bonds. The minimum Gasteiger partial charge on any atom is -0.394 e. The van der Waals surface area contributed by atoms with Crippen LogP contribution in [0.3, 0.4) is 0 Å².